The van der Waals surface area contributed by atoms with E-state index in [0.717, 1.165) is 5.69 Å². The van der Waals surface area contributed by atoms with E-state index in [2.05, 4.69) is 0 Å². The molecule has 0 aliphatic carbocycles. The summed E-state index contributed by atoms with van der Waals surface area (Å²) < 4.78 is 0. The van der Waals surface area contributed by atoms with Crippen molar-refractivity contribution in [2.45, 2.75) is 0 Å². The number of rotatable bonds is 1. The van der Waals surface area contributed by atoms with Crippen LogP contribution in [0.25, 0.3) is 0 Å². The Morgan fingerprint density at radius 2 is 1.94 bits per heavy atom. The van der Waals surface area contributed by atoms with Crippen molar-refractivity contribution in [3.8, 4) is 0 Å². The van der Waals surface area contributed by atoms with Gasteiger partial charge in [-0.3, -0.25) is 0 Å². The van der Waals surface area contributed by atoms with Gasteiger partial charge in [-0.1, -0.05) is 17.7 Å². The van der Waals surface area contributed by atoms with Crippen LogP contribution in [-0.2, 0) is 0 Å². The minimum atomic E-state index is -0.878. The minimum absolute atomic E-state index is 0.472. The summed E-state index contributed by atoms with van der Waals surface area (Å²) in [5.41, 5.74) is 7.32. The van der Waals surface area contributed by atoms with Gasteiger partial charge >= 0.3 is 6.09 Å². The second kappa shape index (κ2) is 4.71. The lowest BCUT2D eigenvalue weighted by atomic mass is 10.2. The molecule has 1 saturated heterocycles. The summed E-state index contributed by atoms with van der Waals surface area (Å²) in [7, 11) is 0. The van der Waals surface area contributed by atoms with Crippen molar-refractivity contribution in [2.75, 3.05) is 36.8 Å². The molecule has 3 N–H and O–H groups in total. The van der Waals surface area contributed by atoms with Gasteiger partial charge in [0.05, 0.1) is 16.4 Å². The molecule has 0 bridgehead atoms. The van der Waals surface area contributed by atoms with Crippen LogP contribution in [0.1, 0.15) is 0 Å². The number of halogens is 1. The number of carbonyl (C=O) groups is 1. The topological polar surface area (TPSA) is 69.8 Å². The molecule has 1 aromatic rings. The van der Waals surface area contributed by atoms with Gasteiger partial charge in [0.2, 0.25) is 0 Å². The number of anilines is 2. The average molecular weight is 256 g/mol. The highest BCUT2D eigenvalue weighted by molar-refractivity contribution is 6.34. The maximum atomic E-state index is 10.8. The number of nitrogen functional groups attached to an aromatic ring is 1. The monoisotopic (exact) mass is 255 g/mol. The van der Waals surface area contributed by atoms with Gasteiger partial charge in [-0.05, 0) is 12.1 Å². The smallest absolute Gasteiger partial charge is 0.407 e. The number of piperazine rings is 1. The first-order chi connectivity index (χ1) is 8.09. The van der Waals surface area contributed by atoms with Gasteiger partial charge in [0.25, 0.3) is 0 Å². The van der Waals surface area contributed by atoms with Crippen molar-refractivity contribution in [1.29, 1.82) is 0 Å². The van der Waals surface area contributed by atoms with E-state index in [-0.39, 0.29) is 0 Å². The zero-order valence-electron chi connectivity index (χ0n) is 9.27. The lowest BCUT2D eigenvalue weighted by molar-refractivity contribution is 0.142. The Kier molecular flexibility index (Phi) is 3.28. The van der Waals surface area contributed by atoms with Crippen molar-refractivity contribution in [2.24, 2.45) is 0 Å². The van der Waals surface area contributed by atoms with Crippen LogP contribution in [0.2, 0.25) is 5.02 Å². The maximum Gasteiger partial charge on any atom is 0.407 e. The van der Waals surface area contributed by atoms with Gasteiger partial charge in [-0.2, -0.15) is 0 Å². The zero-order valence-corrected chi connectivity index (χ0v) is 10.0. The third-order valence-electron chi connectivity index (χ3n) is 2.88. The standard InChI is InChI=1S/C11H14ClN3O2/c12-8-2-1-3-9(13)10(8)14-4-6-15(7-5-14)11(16)17/h1-3H,4-7,13H2,(H,16,17). The van der Waals surface area contributed by atoms with E-state index < -0.39 is 6.09 Å². The summed E-state index contributed by atoms with van der Waals surface area (Å²) >= 11 is 6.11. The quantitative estimate of drug-likeness (QED) is 0.750. The molecular weight excluding hydrogens is 242 g/mol. The Bertz CT molecular complexity index is 410. The van der Waals surface area contributed by atoms with Gasteiger partial charge in [-0.25, -0.2) is 4.79 Å². The first-order valence-corrected chi connectivity index (χ1v) is 5.74. The Morgan fingerprint density at radius 1 is 1.29 bits per heavy atom. The van der Waals surface area contributed by atoms with E-state index in [1.165, 1.54) is 4.90 Å². The number of para-hydroxylation sites is 1. The maximum absolute atomic E-state index is 10.8. The van der Waals surface area contributed by atoms with E-state index in [1.54, 1.807) is 18.2 Å². The van der Waals surface area contributed by atoms with E-state index >= 15 is 0 Å². The second-order valence-electron chi connectivity index (χ2n) is 3.93. The predicted octanol–water partition coefficient (Wildman–Crippen LogP) is 1.72. The molecule has 0 aromatic heterocycles. The van der Waals surface area contributed by atoms with Crippen LogP contribution in [0.15, 0.2) is 18.2 Å². The Morgan fingerprint density at radius 3 is 2.47 bits per heavy atom. The molecule has 2 rings (SSSR count). The largest absolute Gasteiger partial charge is 0.465 e. The molecule has 5 nitrogen and oxygen atoms in total. The molecule has 0 spiro atoms. The summed E-state index contributed by atoms with van der Waals surface area (Å²) in [5, 5.41) is 9.47. The first kappa shape index (κ1) is 11.9. The molecule has 1 heterocycles. The Labute approximate surface area is 104 Å². The zero-order chi connectivity index (χ0) is 12.4. The number of hydrogen-bond acceptors (Lipinski definition) is 3. The summed E-state index contributed by atoms with van der Waals surface area (Å²) in [6, 6.07) is 5.39. The number of hydrogen-bond donors (Lipinski definition) is 2. The number of benzene rings is 1. The summed E-state index contributed by atoms with van der Waals surface area (Å²) in [4.78, 5) is 14.2. The third kappa shape index (κ3) is 2.39. The van der Waals surface area contributed by atoms with Crippen molar-refractivity contribution in [3.63, 3.8) is 0 Å². The van der Waals surface area contributed by atoms with Crippen LogP contribution in [0.3, 0.4) is 0 Å². The van der Waals surface area contributed by atoms with Crippen LogP contribution in [0.4, 0.5) is 16.2 Å². The summed E-state index contributed by atoms with van der Waals surface area (Å²) in [5.74, 6) is 0. The lowest BCUT2D eigenvalue weighted by Crippen LogP contribution is -2.48. The summed E-state index contributed by atoms with van der Waals surface area (Å²) in [6.07, 6.45) is -0.878. The minimum Gasteiger partial charge on any atom is -0.465 e. The predicted molar refractivity (Wildman–Crippen MR) is 67.7 cm³/mol. The normalized spacial score (nSPS) is 16.1. The second-order valence-corrected chi connectivity index (χ2v) is 4.34. The van der Waals surface area contributed by atoms with Gasteiger partial charge in [-0.15, -0.1) is 0 Å². The number of nitrogens with zero attached hydrogens (tertiary/aromatic N) is 2. The van der Waals surface area contributed by atoms with Gasteiger partial charge < -0.3 is 20.6 Å². The molecule has 0 radical (unpaired) electrons. The van der Waals surface area contributed by atoms with Crippen LogP contribution < -0.4 is 10.6 Å². The van der Waals surface area contributed by atoms with E-state index in [4.69, 9.17) is 22.4 Å². The molecule has 92 valence electrons. The van der Waals surface area contributed by atoms with Crippen LogP contribution >= 0.6 is 11.6 Å². The lowest BCUT2D eigenvalue weighted by Gasteiger charge is -2.35. The molecule has 6 heteroatoms. The molecule has 1 aliphatic heterocycles. The molecule has 0 unspecified atom stereocenters. The molecule has 0 atom stereocenters. The van der Waals surface area contributed by atoms with E-state index in [0.29, 0.717) is 36.9 Å². The van der Waals surface area contributed by atoms with Crippen molar-refractivity contribution >= 4 is 29.1 Å². The highest BCUT2D eigenvalue weighted by Gasteiger charge is 2.22. The molecule has 0 saturated carbocycles. The van der Waals surface area contributed by atoms with Crippen LogP contribution in [-0.4, -0.2) is 42.3 Å². The molecule has 1 fully saturated rings. The average Bonchev–Trinajstić information content (AvgIpc) is 2.29. The van der Waals surface area contributed by atoms with Gasteiger partial charge in [0.1, 0.15) is 0 Å². The molecule has 1 amide bonds. The van der Waals surface area contributed by atoms with Crippen molar-refractivity contribution < 1.29 is 9.90 Å². The molecule has 1 aliphatic rings. The molecule has 17 heavy (non-hydrogen) atoms. The molecular formula is C11H14ClN3O2. The SMILES string of the molecule is Nc1cccc(Cl)c1N1CCN(C(=O)O)CC1. The van der Waals surface area contributed by atoms with Crippen molar-refractivity contribution in [3.05, 3.63) is 23.2 Å². The number of amides is 1. The highest BCUT2D eigenvalue weighted by atomic mass is 35.5. The first-order valence-electron chi connectivity index (χ1n) is 5.36. The fourth-order valence-corrected chi connectivity index (χ4v) is 2.29. The van der Waals surface area contributed by atoms with Crippen LogP contribution in [0, 0.1) is 0 Å². The van der Waals surface area contributed by atoms with Gasteiger partial charge in [0.15, 0.2) is 0 Å². The summed E-state index contributed by atoms with van der Waals surface area (Å²) in [6.45, 7) is 2.17. The van der Waals surface area contributed by atoms with E-state index in [1.807, 2.05) is 4.90 Å². The van der Waals surface area contributed by atoms with E-state index in [9.17, 15) is 4.79 Å². The van der Waals surface area contributed by atoms with Crippen LogP contribution in [0.5, 0.6) is 0 Å². The fourth-order valence-electron chi connectivity index (χ4n) is 1.99. The number of carboxylic acid groups (broad SMARTS) is 1. The highest BCUT2D eigenvalue weighted by Crippen LogP contribution is 2.32. The third-order valence-corrected chi connectivity index (χ3v) is 3.19. The Hall–Kier alpha value is -1.62. The Balaban J connectivity index is 2.13. The van der Waals surface area contributed by atoms with Crippen molar-refractivity contribution in [1.82, 2.24) is 4.90 Å². The number of nitrogens with two attached hydrogens (primary N) is 1. The van der Waals surface area contributed by atoms with Gasteiger partial charge in [0, 0.05) is 26.2 Å². The molecule has 1 aromatic carbocycles. The fraction of sp³-hybridized carbons (Fsp3) is 0.364.